The summed E-state index contributed by atoms with van der Waals surface area (Å²) in [6.45, 7) is 2.42. The molecule has 0 fully saturated rings. The average molecular weight is 320 g/mol. The fourth-order valence-corrected chi connectivity index (χ4v) is 2.49. The second kappa shape index (κ2) is 7.86. The Morgan fingerprint density at radius 3 is 2.73 bits per heavy atom. The van der Waals surface area contributed by atoms with Crippen LogP contribution >= 0.6 is 11.3 Å². The van der Waals surface area contributed by atoms with Crippen LogP contribution in [0, 0.1) is 0 Å². The monoisotopic (exact) mass is 320 g/mol. The molecule has 0 aliphatic heterocycles. The van der Waals surface area contributed by atoms with E-state index < -0.39 is 0 Å². The summed E-state index contributed by atoms with van der Waals surface area (Å²) in [5.74, 6) is 0.766. The number of hydrogen-bond donors (Lipinski definition) is 1. The number of amides is 1. The molecule has 22 heavy (non-hydrogen) atoms. The van der Waals surface area contributed by atoms with Crippen molar-refractivity contribution in [1.29, 1.82) is 0 Å². The van der Waals surface area contributed by atoms with Gasteiger partial charge in [0.05, 0.1) is 13.7 Å². The third kappa shape index (κ3) is 4.78. The molecule has 0 unspecified atom stereocenters. The number of methoxy groups -OCH3 is 1. The fourth-order valence-electron chi connectivity index (χ4n) is 2.03. The highest BCUT2D eigenvalue weighted by Gasteiger charge is 2.14. The van der Waals surface area contributed by atoms with Crippen LogP contribution in [0.5, 0.6) is 5.75 Å². The Morgan fingerprint density at radius 2 is 2.14 bits per heavy atom. The Labute approximate surface area is 134 Å². The van der Waals surface area contributed by atoms with E-state index in [9.17, 15) is 4.79 Å². The van der Waals surface area contributed by atoms with E-state index in [4.69, 9.17) is 4.74 Å². The van der Waals surface area contributed by atoms with Crippen molar-refractivity contribution in [3.05, 3.63) is 35.3 Å². The number of ether oxygens (including phenoxy) is 1. The number of carbonyl (C=O) groups excluding carboxylic acids is 1. The van der Waals surface area contributed by atoms with Crippen LogP contribution < -0.4 is 10.1 Å². The highest BCUT2D eigenvalue weighted by molar-refractivity contribution is 7.13. The first-order valence-corrected chi connectivity index (χ1v) is 7.85. The molecule has 0 radical (unpaired) electrons. The number of rotatable bonds is 7. The molecule has 1 atom stereocenters. The van der Waals surface area contributed by atoms with Crippen LogP contribution in [0.25, 0.3) is 0 Å². The number of anilines is 1. The van der Waals surface area contributed by atoms with Crippen molar-refractivity contribution < 1.29 is 9.53 Å². The molecule has 2 aromatic rings. The predicted octanol–water partition coefficient (Wildman–Crippen LogP) is 2.05. The van der Waals surface area contributed by atoms with Crippen LogP contribution in [-0.4, -0.2) is 47.7 Å². The van der Waals surface area contributed by atoms with Crippen molar-refractivity contribution in [3.63, 3.8) is 0 Å². The van der Waals surface area contributed by atoms with Crippen LogP contribution in [0.2, 0.25) is 0 Å². The molecule has 1 N–H and O–H groups in total. The lowest BCUT2D eigenvalue weighted by molar-refractivity contribution is -0.117. The molecule has 6 nitrogen and oxygen atoms in total. The summed E-state index contributed by atoms with van der Waals surface area (Å²) in [4.78, 5) is 13.9. The van der Waals surface area contributed by atoms with E-state index in [0.29, 0.717) is 11.7 Å². The van der Waals surface area contributed by atoms with Gasteiger partial charge in [-0.05, 0) is 38.1 Å². The highest BCUT2D eigenvalue weighted by Crippen LogP contribution is 2.14. The molecule has 0 aliphatic carbocycles. The summed E-state index contributed by atoms with van der Waals surface area (Å²) in [5.41, 5.74) is 2.80. The van der Waals surface area contributed by atoms with Crippen molar-refractivity contribution in [2.75, 3.05) is 26.0 Å². The molecule has 0 spiro atoms. The third-order valence-corrected chi connectivity index (χ3v) is 4.05. The summed E-state index contributed by atoms with van der Waals surface area (Å²) in [6, 6.07) is 8.23. The second-order valence-electron chi connectivity index (χ2n) is 5.11. The van der Waals surface area contributed by atoms with E-state index in [1.54, 1.807) is 12.6 Å². The lowest BCUT2D eigenvalue weighted by Crippen LogP contribution is -2.37. The average Bonchev–Trinajstić information content (AvgIpc) is 3.00. The van der Waals surface area contributed by atoms with Crippen LogP contribution in [0.1, 0.15) is 12.5 Å². The SMILES string of the molecule is COc1ccc(C[C@H](C)N(C)CC(=O)Nc2nncs2)cc1. The minimum absolute atomic E-state index is 0.0826. The van der Waals surface area contributed by atoms with E-state index in [1.807, 2.05) is 36.2 Å². The van der Waals surface area contributed by atoms with Gasteiger partial charge in [-0.2, -0.15) is 0 Å². The number of nitrogens with zero attached hydrogens (tertiary/aromatic N) is 3. The van der Waals surface area contributed by atoms with Gasteiger partial charge in [0.2, 0.25) is 11.0 Å². The van der Waals surface area contributed by atoms with Crippen molar-refractivity contribution in [1.82, 2.24) is 15.1 Å². The Balaban J connectivity index is 1.82. The van der Waals surface area contributed by atoms with E-state index in [2.05, 4.69) is 22.4 Å². The Bertz CT molecular complexity index is 586. The topological polar surface area (TPSA) is 67.3 Å². The number of likely N-dealkylation sites (N-methyl/N-ethyl adjacent to an activating group) is 1. The van der Waals surface area contributed by atoms with Crippen LogP contribution in [0.4, 0.5) is 5.13 Å². The van der Waals surface area contributed by atoms with Crippen molar-refractivity contribution in [3.8, 4) is 5.75 Å². The normalized spacial score (nSPS) is 12.2. The molecular weight excluding hydrogens is 300 g/mol. The number of nitrogens with one attached hydrogen (secondary N) is 1. The van der Waals surface area contributed by atoms with Gasteiger partial charge in [-0.15, -0.1) is 10.2 Å². The maximum atomic E-state index is 11.9. The molecule has 2 rings (SSSR count). The number of carbonyl (C=O) groups is 1. The van der Waals surface area contributed by atoms with Crippen LogP contribution in [0.15, 0.2) is 29.8 Å². The molecule has 1 aromatic carbocycles. The minimum atomic E-state index is -0.0826. The number of hydrogen-bond acceptors (Lipinski definition) is 6. The molecule has 0 saturated carbocycles. The molecule has 7 heteroatoms. The van der Waals surface area contributed by atoms with Crippen LogP contribution in [-0.2, 0) is 11.2 Å². The minimum Gasteiger partial charge on any atom is -0.497 e. The summed E-state index contributed by atoms with van der Waals surface area (Å²) in [7, 11) is 3.59. The molecule has 118 valence electrons. The number of aromatic nitrogens is 2. The molecule has 1 aromatic heterocycles. The van der Waals surface area contributed by atoms with Gasteiger partial charge in [-0.1, -0.05) is 23.5 Å². The van der Waals surface area contributed by atoms with Gasteiger partial charge in [0.1, 0.15) is 11.3 Å². The van der Waals surface area contributed by atoms with Gasteiger partial charge >= 0.3 is 0 Å². The lowest BCUT2D eigenvalue weighted by Gasteiger charge is -2.24. The molecule has 1 heterocycles. The standard InChI is InChI=1S/C15H20N4O2S/c1-11(8-12-4-6-13(21-3)7-5-12)19(2)9-14(20)17-15-18-16-10-22-15/h4-7,10-11H,8-9H2,1-3H3,(H,17,18,20)/t11-/m0/s1. The zero-order valence-electron chi connectivity index (χ0n) is 12.9. The summed E-state index contributed by atoms with van der Waals surface area (Å²) < 4.78 is 5.15. The molecule has 0 saturated heterocycles. The maximum Gasteiger partial charge on any atom is 0.240 e. The smallest absolute Gasteiger partial charge is 0.240 e. The molecule has 0 bridgehead atoms. The Hall–Kier alpha value is -1.99. The Morgan fingerprint density at radius 1 is 1.41 bits per heavy atom. The molecule has 1 amide bonds. The molecule has 0 aliphatic rings. The van der Waals surface area contributed by atoms with Crippen molar-refractivity contribution in [2.45, 2.75) is 19.4 Å². The van der Waals surface area contributed by atoms with Crippen molar-refractivity contribution in [2.24, 2.45) is 0 Å². The summed E-state index contributed by atoms with van der Waals surface area (Å²) >= 11 is 1.31. The largest absolute Gasteiger partial charge is 0.497 e. The first-order valence-electron chi connectivity index (χ1n) is 6.97. The van der Waals surface area contributed by atoms with E-state index in [0.717, 1.165) is 12.2 Å². The van der Waals surface area contributed by atoms with E-state index >= 15 is 0 Å². The fraction of sp³-hybridized carbons (Fsp3) is 0.400. The van der Waals surface area contributed by atoms with E-state index in [-0.39, 0.29) is 11.9 Å². The molecular formula is C15H20N4O2S. The summed E-state index contributed by atoms with van der Waals surface area (Å²) in [5, 5.41) is 10.8. The zero-order chi connectivity index (χ0) is 15.9. The second-order valence-corrected chi connectivity index (χ2v) is 5.94. The van der Waals surface area contributed by atoms with Crippen molar-refractivity contribution >= 4 is 22.4 Å². The predicted molar refractivity (Wildman–Crippen MR) is 87.3 cm³/mol. The summed E-state index contributed by atoms with van der Waals surface area (Å²) in [6.07, 6.45) is 0.868. The van der Waals surface area contributed by atoms with Gasteiger partial charge in [0.25, 0.3) is 0 Å². The van der Waals surface area contributed by atoms with Gasteiger partial charge in [0.15, 0.2) is 0 Å². The quantitative estimate of drug-likeness (QED) is 0.846. The first kappa shape index (κ1) is 16.4. The van der Waals surface area contributed by atoms with Gasteiger partial charge < -0.3 is 4.74 Å². The Kier molecular flexibility index (Phi) is 5.85. The first-order chi connectivity index (χ1) is 10.6. The zero-order valence-corrected chi connectivity index (χ0v) is 13.8. The van der Waals surface area contributed by atoms with Gasteiger partial charge in [-0.3, -0.25) is 15.0 Å². The van der Waals surface area contributed by atoms with Crippen LogP contribution in [0.3, 0.4) is 0 Å². The van der Waals surface area contributed by atoms with Gasteiger partial charge in [-0.25, -0.2) is 0 Å². The van der Waals surface area contributed by atoms with E-state index in [1.165, 1.54) is 16.9 Å². The highest BCUT2D eigenvalue weighted by atomic mass is 32.1. The maximum absolute atomic E-state index is 11.9. The third-order valence-electron chi connectivity index (χ3n) is 3.44. The lowest BCUT2D eigenvalue weighted by atomic mass is 10.1. The number of benzene rings is 1. The van der Waals surface area contributed by atoms with Gasteiger partial charge in [0, 0.05) is 6.04 Å².